The van der Waals surface area contributed by atoms with Gasteiger partial charge in [0.15, 0.2) is 0 Å². The predicted molar refractivity (Wildman–Crippen MR) is 75.3 cm³/mol. The van der Waals surface area contributed by atoms with Crippen molar-refractivity contribution in [3.8, 4) is 0 Å². The Hall–Kier alpha value is -1.36. The number of rotatable bonds is 7. The summed E-state index contributed by atoms with van der Waals surface area (Å²) in [6.07, 6.45) is 0.0526. The number of para-hydroxylation sites is 1. The molecular weight excluding hydrogens is 242 g/mol. The first-order chi connectivity index (χ1) is 9.24. The van der Waals surface area contributed by atoms with Crippen LogP contribution in [0, 0.1) is 0 Å². The summed E-state index contributed by atoms with van der Waals surface area (Å²) in [5, 5.41) is 4.53. The Bertz CT molecular complexity index is 476. The summed E-state index contributed by atoms with van der Waals surface area (Å²) in [7, 11) is 3.37. The molecule has 0 fully saturated rings. The minimum Gasteiger partial charge on any atom is -0.459 e. The summed E-state index contributed by atoms with van der Waals surface area (Å²) in [6, 6.07) is 10.2. The molecule has 0 aliphatic carbocycles. The molecule has 0 saturated carbocycles. The third kappa shape index (κ3) is 3.56. The van der Waals surface area contributed by atoms with Gasteiger partial charge < -0.3 is 19.2 Å². The van der Waals surface area contributed by atoms with Crippen LogP contribution in [0.5, 0.6) is 0 Å². The standard InChI is InChI=1S/C15H21NO3/c1-11(16-9-13(18-3)10-17-2)15-8-12-6-4-5-7-14(12)19-15/h4-8,11,13,16H,9-10H2,1-3H3. The van der Waals surface area contributed by atoms with Crippen LogP contribution in [-0.2, 0) is 9.47 Å². The van der Waals surface area contributed by atoms with Crippen LogP contribution >= 0.6 is 0 Å². The number of fused-ring (bicyclic) bond motifs is 1. The zero-order chi connectivity index (χ0) is 13.7. The summed E-state index contributed by atoms with van der Waals surface area (Å²) < 4.78 is 16.2. The summed E-state index contributed by atoms with van der Waals surface area (Å²) >= 11 is 0. The van der Waals surface area contributed by atoms with Gasteiger partial charge in [0, 0.05) is 26.2 Å². The van der Waals surface area contributed by atoms with Crippen LogP contribution in [0.2, 0.25) is 0 Å². The van der Waals surface area contributed by atoms with Gasteiger partial charge in [0.25, 0.3) is 0 Å². The molecule has 19 heavy (non-hydrogen) atoms. The molecule has 0 amide bonds. The minimum atomic E-state index is 0.0526. The lowest BCUT2D eigenvalue weighted by atomic mass is 10.2. The lowest BCUT2D eigenvalue weighted by Gasteiger charge is -2.17. The molecule has 2 atom stereocenters. The normalized spacial score (nSPS) is 14.7. The van der Waals surface area contributed by atoms with E-state index in [0.29, 0.717) is 6.61 Å². The molecule has 0 radical (unpaired) electrons. The van der Waals surface area contributed by atoms with Gasteiger partial charge in [-0.2, -0.15) is 0 Å². The van der Waals surface area contributed by atoms with Crippen molar-refractivity contribution >= 4 is 11.0 Å². The van der Waals surface area contributed by atoms with Gasteiger partial charge in [-0.3, -0.25) is 0 Å². The van der Waals surface area contributed by atoms with E-state index in [2.05, 4.69) is 24.4 Å². The SMILES string of the molecule is COCC(CNC(C)c1cc2ccccc2o1)OC. The molecule has 1 N–H and O–H groups in total. The van der Waals surface area contributed by atoms with E-state index < -0.39 is 0 Å². The Balaban J connectivity index is 1.97. The third-order valence-corrected chi connectivity index (χ3v) is 3.21. The van der Waals surface area contributed by atoms with Gasteiger partial charge in [0.2, 0.25) is 0 Å². The van der Waals surface area contributed by atoms with Crippen LogP contribution in [0.3, 0.4) is 0 Å². The molecule has 4 nitrogen and oxygen atoms in total. The molecule has 2 rings (SSSR count). The van der Waals surface area contributed by atoms with Crippen molar-refractivity contribution in [2.24, 2.45) is 0 Å². The highest BCUT2D eigenvalue weighted by molar-refractivity contribution is 5.77. The number of furan rings is 1. The van der Waals surface area contributed by atoms with E-state index in [0.717, 1.165) is 23.3 Å². The Morgan fingerprint density at radius 1 is 1.26 bits per heavy atom. The molecule has 1 aromatic heterocycles. The van der Waals surface area contributed by atoms with E-state index in [1.165, 1.54) is 0 Å². The van der Waals surface area contributed by atoms with Gasteiger partial charge in [0.05, 0.1) is 18.8 Å². The molecule has 1 heterocycles. The van der Waals surface area contributed by atoms with E-state index in [-0.39, 0.29) is 12.1 Å². The van der Waals surface area contributed by atoms with Gasteiger partial charge in [-0.25, -0.2) is 0 Å². The Morgan fingerprint density at radius 2 is 2.05 bits per heavy atom. The third-order valence-electron chi connectivity index (χ3n) is 3.21. The van der Waals surface area contributed by atoms with Crippen molar-refractivity contribution in [1.82, 2.24) is 5.32 Å². The Labute approximate surface area is 113 Å². The van der Waals surface area contributed by atoms with Crippen LogP contribution in [0.4, 0.5) is 0 Å². The fraction of sp³-hybridized carbons (Fsp3) is 0.467. The predicted octanol–water partition coefficient (Wildman–Crippen LogP) is 2.74. The second-order valence-electron chi connectivity index (χ2n) is 4.63. The van der Waals surface area contributed by atoms with Crippen molar-refractivity contribution in [1.29, 1.82) is 0 Å². The van der Waals surface area contributed by atoms with Crippen LogP contribution in [0.25, 0.3) is 11.0 Å². The molecule has 0 spiro atoms. The molecule has 0 bridgehead atoms. The highest BCUT2D eigenvalue weighted by Crippen LogP contribution is 2.23. The molecule has 4 heteroatoms. The maximum atomic E-state index is 5.82. The Morgan fingerprint density at radius 3 is 2.74 bits per heavy atom. The van der Waals surface area contributed by atoms with Gasteiger partial charge in [-0.05, 0) is 19.1 Å². The van der Waals surface area contributed by atoms with Crippen molar-refractivity contribution in [2.75, 3.05) is 27.4 Å². The molecule has 2 unspecified atom stereocenters. The van der Waals surface area contributed by atoms with E-state index in [1.54, 1.807) is 14.2 Å². The van der Waals surface area contributed by atoms with Crippen molar-refractivity contribution < 1.29 is 13.9 Å². The van der Waals surface area contributed by atoms with Crippen molar-refractivity contribution in [3.63, 3.8) is 0 Å². The average molecular weight is 263 g/mol. The van der Waals surface area contributed by atoms with Crippen molar-refractivity contribution in [3.05, 3.63) is 36.1 Å². The monoisotopic (exact) mass is 263 g/mol. The van der Waals surface area contributed by atoms with Crippen LogP contribution in [-0.4, -0.2) is 33.5 Å². The van der Waals surface area contributed by atoms with Crippen LogP contribution < -0.4 is 5.32 Å². The summed E-state index contributed by atoms with van der Waals surface area (Å²) in [5.74, 6) is 0.938. The van der Waals surface area contributed by atoms with Crippen molar-refractivity contribution in [2.45, 2.75) is 19.1 Å². The molecule has 104 valence electrons. The van der Waals surface area contributed by atoms with Gasteiger partial charge in [-0.1, -0.05) is 18.2 Å². The molecular formula is C15H21NO3. The zero-order valence-electron chi connectivity index (χ0n) is 11.7. The Kier molecular flexibility index (Phi) is 4.96. The van der Waals surface area contributed by atoms with Gasteiger partial charge in [-0.15, -0.1) is 0 Å². The lowest BCUT2D eigenvalue weighted by molar-refractivity contribution is 0.0273. The van der Waals surface area contributed by atoms with Gasteiger partial charge >= 0.3 is 0 Å². The number of methoxy groups -OCH3 is 2. The summed E-state index contributed by atoms with van der Waals surface area (Å²) in [6.45, 7) is 3.39. The first kappa shape index (κ1) is 14.1. The van der Waals surface area contributed by atoms with E-state index in [4.69, 9.17) is 13.9 Å². The molecule has 0 aliphatic rings. The molecule has 0 aliphatic heterocycles. The maximum Gasteiger partial charge on any atom is 0.134 e. The first-order valence-corrected chi connectivity index (χ1v) is 6.48. The highest BCUT2D eigenvalue weighted by Gasteiger charge is 2.13. The highest BCUT2D eigenvalue weighted by atomic mass is 16.5. The quantitative estimate of drug-likeness (QED) is 0.834. The first-order valence-electron chi connectivity index (χ1n) is 6.48. The zero-order valence-corrected chi connectivity index (χ0v) is 11.7. The van der Waals surface area contributed by atoms with Crippen LogP contribution in [0.1, 0.15) is 18.7 Å². The smallest absolute Gasteiger partial charge is 0.134 e. The fourth-order valence-corrected chi connectivity index (χ4v) is 2.02. The van der Waals surface area contributed by atoms with E-state index in [9.17, 15) is 0 Å². The molecule has 1 aromatic carbocycles. The number of hydrogen-bond acceptors (Lipinski definition) is 4. The summed E-state index contributed by atoms with van der Waals surface area (Å²) in [4.78, 5) is 0. The largest absolute Gasteiger partial charge is 0.459 e. The van der Waals surface area contributed by atoms with E-state index in [1.807, 2.05) is 18.2 Å². The number of ether oxygens (including phenoxy) is 2. The van der Waals surface area contributed by atoms with E-state index >= 15 is 0 Å². The number of benzene rings is 1. The minimum absolute atomic E-state index is 0.0526. The molecule has 2 aromatic rings. The number of nitrogens with one attached hydrogen (secondary N) is 1. The topological polar surface area (TPSA) is 43.6 Å². The lowest BCUT2D eigenvalue weighted by Crippen LogP contribution is -2.33. The fourth-order valence-electron chi connectivity index (χ4n) is 2.02. The molecule has 0 saturated heterocycles. The second kappa shape index (κ2) is 6.70. The van der Waals surface area contributed by atoms with Gasteiger partial charge in [0.1, 0.15) is 11.3 Å². The average Bonchev–Trinajstić information content (AvgIpc) is 2.87. The second-order valence-corrected chi connectivity index (χ2v) is 4.63. The summed E-state index contributed by atoms with van der Waals surface area (Å²) in [5.41, 5.74) is 0.923. The maximum absolute atomic E-state index is 5.82. The number of hydrogen-bond donors (Lipinski definition) is 1. The van der Waals surface area contributed by atoms with Crippen LogP contribution in [0.15, 0.2) is 34.7 Å².